The Kier molecular flexibility index (Phi) is 4.12. The number of nitrogens with one attached hydrogen (secondary N) is 1. The van der Waals surface area contributed by atoms with Crippen molar-refractivity contribution in [1.82, 2.24) is 29.8 Å². The third kappa shape index (κ3) is 3.06. The molecule has 0 unspecified atom stereocenters. The molecule has 0 saturated heterocycles. The van der Waals surface area contributed by atoms with Crippen LogP contribution in [0.15, 0.2) is 41.3 Å². The van der Waals surface area contributed by atoms with Crippen LogP contribution in [0, 0.1) is 6.92 Å². The van der Waals surface area contributed by atoms with Gasteiger partial charge < -0.3 is 9.84 Å². The molecule has 5 rings (SSSR count). The number of carbonyl (C=O) groups excluding carboxylic acids is 1. The van der Waals surface area contributed by atoms with Crippen LogP contribution in [0.2, 0.25) is 0 Å². The van der Waals surface area contributed by atoms with Crippen LogP contribution in [0.1, 0.15) is 52.6 Å². The van der Waals surface area contributed by atoms with Crippen LogP contribution in [-0.4, -0.2) is 30.4 Å². The topological polar surface area (TPSA) is 98.2 Å². The summed E-state index contributed by atoms with van der Waals surface area (Å²) in [5.41, 5.74) is 5.26. The van der Waals surface area contributed by atoms with Gasteiger partial charge in [-0.3, -0.25) is 14.2 Å². The number of fused-ring (bicyclic) bond motifs is 2. The van der Waals surface area contributed by atoms with Crippen LogP contribution in [0.3, 0.4) is 0 Å². The van der Waals surface area contributed by atoms with Gasteiger partial charge in [-0.05, 0) is 37.0 Å². The maximum Gasteiger partial charge on any atom is 0.270 e. The quantitative estimate of drug-likeness (QED) is 0.577. The lowest BCUT2D eigenvalue weighted by Crippen LogP contribution is -2.28. The van der Waals surface area contributed by atoms with Gasteiger partial charge in [-0.1, -0.05) is 24.2 Å². The Morgan fingerprint density at radius 2 is 2.21 bits per heavy atom. The molecule has 1 atom stereocenters. The fourth-order valence-electron chi connectivity index (χ4n) is 3.81. The predicted octanol–water partition coefficient (Wildman–Crippen LogP) is 3.07. The van der Waals surface area contributed by atoms with Crippen molar-refractivity contribution < 1.29 is 9.32 Å². The van der Waals surface area contributed by atoms with Crippen LogP contribution in [0.4, 0.5) is 0 Å². The standard InChI is InChI=1S/C21H20N6O2/c1-3-19-25-20(26-29-19)14-4-6-15-13(8-14)5-7-16(15)24-21(28)17-9-23-18-10-22-12(2)11-27(17)18/h4,6,8-11,16H,3,5,7H2,1-2H3,(H,24,28)/t16-/m1/s1. The maximum absolute atomic E-state index is 12.9. The first-order chi connectivity index (χ1) is 14.1. The van der Waals surface area contributed by atoms with E-state index in [-0.39, 0.29) is 11.9 Å². The van der Waals surface area contributed by atoms with Gasteiger partial charge in [-0.25, -0.2) is 4.98 Å². The molecule has 1 aliphatic rings. The molecule has 0 bridgehead atoms. The zero-order valence-corrected chi connectivity index (χ0v) is 16.2. The number of benzene rings is 1. The molecule has 8 nitrogen and oxygen atoms in total. The van der Waals surface area contributed by atoms with Crippen molar-refractivity contribution in [3.05, 3.63) is 65.2 Å². The monoisotopic (exact) mass is 388 g/mol. The number of rotatable bonds is 4. The summed E-state index contributed by atoms with van der Waals surface area (Å²) in [7, 11) is 0. The van der Waals surface area contributed by atoms with Crippen molar-refractivity contribution in [3.63, 3.8) is 0 Å². The van der Waals surface area contributed by atoms with E-state index < -0.39 is 0 Å². The second-order valence-corrected chi connectivity index (χ2v) is 7.24. The average molecular weight is 388 g/mol. The third-order valence-electron chi connectivity index (χ3n) is 5.31. The van der Waals surface area contributed by atoms with Crippen LogP contribution in [0.25, 0.3) is 17.0 Å². The average Bonchev–Trinajstić information content (AvgIpc) is 3.45. The molecule has 8 heteroatoms. The van der Waals surface area contributed by atoms with Crippen molar-refractivity contribution in [3.8, 4) is 11.4 Å². The number of aromatic nitrogens is 5. The Morgan fingerprint density at radius 1 is 1.31 bits per heavy atom. The van der Waals surface area contributed by atoms with E-state index in [1.54, 1.807) is 16.8 Å². The van der Waals surface area contributed by atoms with Gasteiger partial charge in [0.15, 0.2) is 5.65 Å². The zero-order chi connectivity index (χ0) is 20.0. The van der Waals surface area contributed by atoms with E-state index >= 15 is 0 Å². The second-order valence-electron chi connectivity index (χ2n) is 7.24. The van der Waals surface area contributed by atoms with Crippen molar-refractivity contribution >= 4 is 11.6 Å². The van der Waals surface area contributed by atoms with E-state index in [0.717, 1.165) is 29.7 Å². The van der Waals surface area contributed by atoms with Crippen LogP contribution >= 0.6 is 0 Å². The Balaban J connectivity index is 1.39. The minimum absolute atomic E-state index is 0.0310. The molecule has 0 aliphatic heterocycles. The summed E-state index contributed by atoms with van der Waals surface area (Å²) in [5, 5.41) is 7.20. The number of imidazole rings is 1. The summed E-state index contributed by atoms with van der Waals surface area (Å²) in [6, 6.07) is 6.09. The van der Waals surface area contributed by atoms with Crippen molar-refractivity contribution in [1.29, 1.82) is 0 Å². The fraction of sp³-hybridized carbons (Fsp3) is 0.286. The second kappa shape index (κ2) is 6.80. The van der Waals surface area contributed by atoms with Gasteiger partial charge in [0.25, 0.3) is 5.91 Å². The first-order valence-electron chi connectivity index (χ1n) is 9.68. The molecule has 1 aromatic carbocycles. The van der Waals surface area contributed by atoms with Crippen molar-refractivity contribution in [2.24, 2.45) is 0 Å². The molecule has 1 amide bonds. The molecule has 29 heavy (non-hydrogen) atoms. The Labute approximate surface area is 167 Å². The summed E-state index contributed by atoms with van der Waals surface area (Å²) in [6.07, 6.45) is 7.54. The molecule has 0 spiro atoms. The minimum Gasteiger partial charge on any atom is -0.344 e. The summed E-state index contributed by atoms with van der Waals surface area (Å²) in [6.45, 7) is 3.87. The smallest absolute Gasteiger partial charge is 0.270 e. The van der Waals surface area contributed by atoms with Gasteiger partial charge in [0, 0.05) is 18.2 Å². The van der Waals surface area contributed by atoms with E-state index in [4.69, 9.17) is 4.52 Å². The lowest BCUT2D eigenvalue weighted by atomic mass is 10.0. The first kappa shape index (κ1) is 17.5. The molecule has 1 aliphatic carbocycles. The normalized spacial score (nSPS) is 15.6. The zero-order valence-electron chi connectivity index (χ0n) is 16.2. The highest BCUT2D eigenvalue weighted by molar-refractivity contribution is 5.93. The van der Waals surface area contributed by atoms with Crippen LogP contribution < -0.4 is 5.32 Å². The molecule has 3 heterocycles. The molecule has 0 saturated carbocycles. The molecule has 0 fully saturated rings. The summed E-state index contributed by atoms with van der Waals surface area (Å²) >= 11 is 0. The number of hydrogen-bond donors (Lipinski definition) is 1. The largest absolute Gasteiger partial charge is 0.344 e. The SMILES string of the molecule is CCc1nc(-c2ccc3c(c2)CC[C@H]3NC(=O)c2cnc3cnc(C)cn23)no1. The fourth-order valence-corrected chi connectivity index (χ4v) is 3.81. The van der Waals surface area contributed by atoms with Gasteiger partial charge in [0.2, 0.25) is 11.7 Å². The lowest BCUT2D eigenvalue weighted by Gasteiger charge is -2.14. The highest BCUT2D eigenvalue weighted by Crippen LogP contribution is 2.34. The minimum atomic E-state index is -0.143. The Bertz CT molecular complexity index is 1230. The summed E-state index contributed by atoms with van der Waals surface area (Å²) in [5.74, 6) is 1.09. The van der Waals surface area contributed by atoms with Gasteiger partial charge in [-0.15, -0.1) is 0 Å². The van der Waals surface area contributed by atoms with E-state index in [1.807, 2.05) is 32.2 Å². The highest BCUT2D eigenvalue weighted by atomic mass is 16.5. The molecule has 4 aromatic rings. The molecular formula is C21H20N6O2. The van der Waals surface area contributed by atoms with Crippen LogP contribution in [-0.2, 0) is 12.8 Å². The third-order valence-corrected chi connectivity index (χ3v) is 5.31. The van der Waals surface area contributed by atoms with E-state index in [1.165, 1.54) is 5.56 Å². The molecule has 0 radical (unpaired) electrons. The molecule has 3 aromatic heterocycles. The highest BCUT2D eigenvalue weighted by Gasteiger charge is 2.26. The Morgan fingerprint density at radius 3 is 3.03 bits per heavy atom. The first-order valence-corrected chi connectivity index (χ1v) is 9.68. The van der Waals surface area contributed by atoms with Gasteiger partial charge in [-0.2, -0.15) is 4.98 Å². The van der Waals surface area contributed by atoms with Gasteiger partial charge in [0.05, 0.1) is 24.1 Å². The molecular weight excluding hydrogens is 368 g/mol. The lowest BCUT2D eigenvalue weighted by molar-refractivity contribution is 0.0931. The number of carbonyl (C=O) groups is 1. The van der Waals surface area contributed by atoms with Gasteiger partial charge in [0.1, 0.15) is 5.69 Å². The van der Waals surface area contributed by atoms with Crippen LogP contribution in [0.5, 0.6) is 0 Å². The van der Waals surface area contributed by atoms with Crippen molar-refractivity contribution in [2.75, 3.05) is 0 Å². The number of aryl methyl sites for hydroxylation is 3. The van der Waals surface area contributed by atoms with E-state index in [9.17, 15) is 4.79 Å². The van der Waals surface area contributed by atoms with Gasteiger partial charge >= 0.3 is 0 Å². The summed E-state index contributed by atoms with van der Waals surface area (Å²) in [4.78, 5) is 25.8. The molecule has 1 N–H and O–H groups in total. The summed E-state index contributed by atoms with van der Waals surface area (Å²) < 4.78 is 6.99. The number of amides is 1. The van der Waals surface area contributed by atoms with Crippen molar-refractivity contribution in [2.45, 2.75) is 39.2 Å². The van der Waals surface area contributed by atoms with E-state index in [0.29, 0.717) is 29.5 Å². The maximum atomic E-state index is 12.9. The number of hydrogen-bond acceptors (Lipinski definition) is 6. The Hall–Kier alpha value is -3.55. The van der Waals surface area contributed by atoms with E-state index in [2.05, 4.69) is 31.5 Å². The predicted molar refractivity (Wildman–Crippen MR) is 105 cm³/mol. The number of nitrogens with zero attached hydrogens (tertiary/aromatic N) is 5. The molecule has 146 valence electrons.